The zero-order chi connectivity index (χ0) is 14.0. The Morgan fingerprint density at radius 1 is 1.16 bits per heavy atom. The van der Waals surface area contributed by atoms with E-state index < -0.39 is 4.92 Å². The Kier molecular flexibility index (Phi) is 3.33. The molecule has 0 radical (unpaired) electrons. The molecule has 0 heterocycles. The molecule has 0 saturated heterocycles. The van der Waals surface area contributed by atoms with Crippen LogP contribution in [0.3, 0.4) is 0 Å². The van der Waals surface area contributed by atoms with Crippen LogP contribution in [0.5, 0.6) is 0 Å². The molecule has 0 aliphatic rings. The number of rotatable bonds is 3. The summed E-state index contributed by atoms with van der Waals surface area (Å²) in [5, 5.41) is 10.8. The maximum atomic E-state index is 12.9. The molecule has 2 aromatic carbocycles. The Morgan fingerprint density at radius 3 is 2.37 bits per heavy atom. The summed E-state index contributed by atoms with van der Waals surface area (Å²) in [6, 6.07) is 10.2. The van der Waals surface area contributed by atoms with Crippen molar-refractivity contribution in [1.82, 2.24) is 0 Å². The fraction of sp³-hybridized carbons (Fsp3) is 0.0769. The third kappa shape index (κ3) is 2.79. The highest BCUT2D eigenvalue weighted by Crippen LogP contribution is 2.29. The molecule has 0 aromatic heterocycles. The van der Waals surface area contributed by atoms with E-state index >= 15 is 0 Å². The number of nitro groups is 1. The second-order valence-corrected chi connectivity index (χ2v) is 4.08. The van der Waals surface area contributed by atoms with Crippen molar-refractivity contribution in [1.29, 1.82) is 0 Å². The van der Waals surface area contributed by atoms with Crippen molar-refractivity contribution >= 4 is 22.7 Å². The highest BCUT2D eigenvalue weighted by Gasteiger charge is 2.12. The van der Waals surface area contributed by atoms with E-state index in [1.165, 1.54) is 24.3 Å². The summed E-state index contributed by atoms with van der Waals surface area (Å²) in [6.07, 6.45) is 0. The molecule has 2 rings (SSSR count). The molecule has 19 heavy (non-hydrogen) atoms. The number of nitrogens with zero attached hydrogens (tertiary/aromatic N) is 2. The number of non-ortho nitro benzene ring substituents is 1. The van der Waals surface area contributed by atoms with Gasteiger partial charge in [0, 0.05) is 36.2 Å². The summed E-state index contributed by atoms with van der Waals surface area (Å²) in [5.74, 6) is -0.337. The fourth-order valence-corrected chi connectivity index (χ4v) is 1.73. The lowest BCUT2D eigenvalue weighted by Crippen LogP contribution is -2.10. The summed E-state index contributed by atoms with van der Waals surface area (Å²) < 4.78 is 12.9. The van der Waals surface area contributed by atoms with E-state index in [4.69, 9.17) is 5.73 Å². The summed E-state index contributed by atoms with van der Waals surface area (Å²) >= 11 is 0. The first-order chi connectivity index (χ1) is 8.97. The Morgan fingerprint density at radius 2 is 1.79 bits per heavy atom. The van der Waals surface area contributed by atoms with Gasteiger partial charge in [-0.25, -0.2) is 4.39 Å². The lowest BCUT2D eigenvalue weighted by molar-refractivity contribution is -0.384. The summed E-state index contributed by atoms with van der Waals surface area (Å²) in [7, 11) is 1.73. The van der Waals surface area contributed by atoms with Crippen LogP contribution in [0.2, 0.25) is 0 Å². The average Bonchev–Trinajstić information content (AvgIpc) is 2.38. The molecule has 0 aliphatic heterocycles. The standard InChI is InChI=1S/C13H12FN3O2/c1-16(11-4-2-9(14)3-5-11)12-6-10(15)7-13(8-12)17(18)19/h2-8H,15H2,1H3. The molecule has 0 saturated carbocycles. The molecule has 0 unspecified atom stereocenters. The molecule has 98 valence electrons. The zero-order valence-electron chi connectivity index (χ0n) is 10.2. The summed E-state index contributed by atoms with van der Waals surface area (Å²) in [5.41, 5.74) is 7.15. The van der Waals surface area contributed by atoms with Gasteiger partial charge in [0.15, 0.2) is 0 Å². The van der Waals surface area contributed by atoms with Gasteiger partial charge in [0.05, 0.1) is 4.92 Å². The molecular weight excluding hydrogens is 249 g/mol. The van der Waals surface area contributed by atoms with Gasteiger partial charge in [-0.2, -0.15) is 0 Å². The molecule has 6 heteroatoms. The molecule has 2 aromatic rings. The normalized spacial score (nSPS) is 10.2. The summed E-state index contributed by atoms with van der Waals surface area (Å²) in [6.45, 7) is 0. The van der Waals surface area contributed by atoms with E-state index in [2.05, 4.69) is 0 Å². The van der Waals surface area contributed by atoms with Crippen LogP contribution in [0.1, 0.15) is 0 Å². The minimum Gasteiger partial charge on any atom is -0.398 e. The van der Waals surface area contributed by atoms with E-state index in [1.807, 2.05) is 0 Å². The van der Waals surface area contributed by atoms with Gasteiger partial charge in [-0.05, 0) is 30.3 Å². The monoisotopic (exact) mass is 261 g/mol. The SMILES string of the molecule is CN(c1ccc(F)cc1)c1cc(N)cc([N+](=O)[O-])c1. The number of nitrogen functional groups attached to an aromatic ring is 1. The summed E-state index contributed by atoms with van der Waals surface area (Å²) in [4.78, 5) is 12.0. The molecule has 0 fully saturated rings. The van der Waals surface area contributed by atoms with Crippen molar-refractivity contribution in [3.8, 4) is 0 Å². The van der Waals surface area contributed by atoms with E-state index in [9.17, 15) is 14.5 Å². The number of hydrogen-bond acceptors (Lipinski definition) is 4. The predicted octanol–water partition coefficient (Wildman–Crippen LogP) is 3.08. The largest absolute Gasteiger partial charge is 0.398 e. The third-order valence-corrected chi connectivity index (χ3v) is 2.74. The van der Waals surface area contributed by atoms with E-state index in [-0.39, 0.29) is 11.5 Å². The Hall–Kier alpha value is -2.63. The number of halogens is 1. The zero-order valence-corrected chi connectivity index (χ0v) is 10.2. The second kappa shape index (κ2) is 4.93. The van der Waals surface area contributed by atoms with Crippen LogP contribution in [0, 0.1) is 15.9 Å². The maximum Gasteiger partial charge on any atom is 0.273 e. The molecule has 0 aliphatic carbocycles. The van der Waals surface area contributed by atoms with Crippen molar-refractivity contribution in [2.45, 2.75) is 0 Å². The van der Waals surface area contributed by atoms with Gasteiger partial charge >= 0.3 is 0 Å². The molecule has 5 nitrogen and oxygen atoms in total. The van der Waals surface area contributed by atoms with E-state index in [0.717, 1.165) is 0 Å². The van der Waals surface area contributed by atoms with Crippen molar-refractivity contribution in [3.05, 3.63) is 58.4 Å². The van der Waals surface area contributed by atoms with Crippen molar-refractivity contribution in [2.24, 2.45) is 0 Å². The van der Waals surface area contributed by atoms with Crippen LogP contribution in [-0.2, 0) is 0 Å². The Bertz CT molecular complexity index is 614. The van der Waals surface area contributed by atoms with Gasteiger partial charge in [-0.1, -0.05) is 0 Å². The highest BCUT2D eigenvalue weighted by molar-refractivity contribution is 5.69. The quantitative estimate of drug-likeness (QED) is 0.523. The molecule has 0 spiro atoms. The third-order valence-electron chi connectivity index (χ3n) is 2.74. The van der Waals surface area contributed by atoms with Crippen LogP contribution in [-0.4, -0.2) is 12.0 Å². The van der Waals surface area contributed by atoms with Crippen LogP contribution in [0.15, 0.2) is 42.5 Å². The molecular formula is C13H12FN3O2. The van der Waals surface area contributed by atoms with E-state index in [0.29, 0.717) is 17.1 Å². The first-order valence-corrected chi connectivity index (χ1v) is 5.51. The number of benzene rings is 2. The smallest absolute Gasteiger partial charge is 0.273 e. The molecule has 2 N–H and O–H groups in total. The fourth-order valence-electron chi connectivity index (χ4n) is 1.73. The first-order valence-electron chi connectivity index (χ1n) is 5.51. The minimum absolute atomic E-state index is 0.0797. The second-order valence-electron chi connectivity index (χ2n) is 4.08. The van der Waals surface area contributed by atoms with Gasteiger partial charge in [0.25, 0.3) is 5.69 Å². The topological polar surface area (TPSA) is 72.4 Å². The maximum absolute atomic E-state index is 12.9. The molecule has 0 atom stereocenters. The van der Waals surface area contributed by atoms with Crippen LogP contribution in [0.25, 0.3) is 0 Å². The Balaban J connectivity index is 2.40. The average molecular weight is 261 g/mol. The van der Waals surface area contributed by atoms with Crippen LogP contribution in [0.4, 0.5) is 27.1 Å². The number of hydrogen-bond donors (Lipinski definition) is 1. The lowest BCUT2D eigenvalue weighted by Gasteiger charge is -2.19. The van der Waals surface area contributed by atoms with E-state index in [1.54, 1.807) is 30.1 Å². The van der Waals surface area contributed by atoms with Gasteiger partial charge in [-0.15, -0.1) is 0 Å². The van der Waals surface area contributed by atoms with Gasteiger partial charge in [0.2, 0.25) is 0 Å². The molecule has 0 amide bonds. The number of nitrogens with two attached hydrogens (primary N) is 1. The first kappa shape index (κ1) is 12.8. The van der Waals surface area contributed by atoms with Crippen molar-refractivity contribution in [2.75, 3.05) is 17.7 Å². The number of anilines is 3. The van der Waals surface area contributed by atoms with Gasteiger partial charge < -0.3 is 10.6 Å². The lowest BCUT2D eigenvalue weighted by atomic mass is 10.2. The highest BCUT2D eigenvalue weighted by atomic mass is 19.1. The van der Waals surface area contributed by atoms with Crippen molar-refractivity contribution < 1.29 is 9.31 Å². The van der Waals surface area contributed by atoms with Crippen LogP contribution >= 0.6 is 0 Å². The number of nitro benzene ring substituents is 1. The van der Waals surface area contributed by atoms with Gasteiger partial charge in [0.1, 0.15) is 5.82 Å². The van der Waals surface area contributed by atoms with Crippen LogP contribution < -0.4 is 10.6 Å². The minimum atomic E-state index is -0.502. The Labute approximate surface area is 109 Å². The van der Waals surface area contributed by atoms with Crippen molar-refractivity contribution in [3.63, 3.8) is 0 Å². The predicted molar refractivity (Wildman–Crippen MR) is 72.0 cm³/mol. The molecule has 0 bridgehead atoms. The van der Waals surface area contributed by atoms with Gasteiger partial charge in [-0.3, -0.25) is 10.1 Å².